The van der Waals surface area contributed by atoms with Crippen LogP contribution in [0, 0.1) is 25.2 Å². The first-order valence-corrected chi connectivity index (χ1v) is 7.76. The number of ether oxygens (including phenoxy) is 1. The number of carbonyl (C=O) groups excluding carboxylic acids is 1. The van der Waals surface area contributed by atoms with Crippen LogP contribution in [0.2, 0.25) is 0 Å². The normalized spacial score (nSPS) is 10.8. The molecule has 0 aliphatic rings. The predicted octanol–water partition coefficient (Wildman–Crippen LogP) is 4.25. The number of anilines is 1. The molecule has 0 aromatic heterocycles. The summed E-state index contributed by atoms with van der Waals surface area (Å²) in [6.07, 6.45) is 1.56. The molecular formula is C20H20N2O2. The molecule has 4 heteroatoms. The number of hydrogen-bond donors (Lipinski definition) is 1. The topological polar surface area (TPSA) is 62.1 Å². The Bertz CT molecular complexity index is 799. The van der Waals surface area contributed by atoms with Gasteiger partial charge in [0.25, 0.3) is 5.91 Å². The minimum absolute atomic E-state index is 0.0531. The molecule has 0 heterocycles. The minimum Gasteiger partial charge on any atom is -0.494 e. The largest absolute Gasteiger partial charge is 0.494 e. The van der Waals surface area contributed by atoms with E-state index in [0.717, 1.165) is 22.4 Å². The van der Waals surface area contributed by atoms with Gasteiger partial charge in [0.05, 0.1) is 6.61 Å². The summed E-state index contributed by atoms with van der Waals surface area (Å²) in [5.41, 5.74) is 3.74. The zero-order chi connectivity index (χ0) is 17.5. The van der Waals surface area contributed by atoms with Crippen molar-refractivity contribution in [1.82, 2.24) is 0 Å². The number of nitrogens with zero attached hydrogens (tertiary/aromatic N) is 1. The fourth-order valence-corrected chi connectivity index (χ4v) is 2.16. The van der Waals surface area contributed by atoms with Gasteiger partial charge in [-0.2, -0.15) is 5.26 Å². The Balaban J connectivity index is 2.15. The molecule has 2 aromatic carbocycles. The van der Waals surface area contributed by atoms with E-state index >= 15 is 0 Å². The second-order valence-corrected chi connectivity index (χ2v) is 5.43. The van der Waals surface area contributed by atoms with Crippen molar-refractivity contribution in [3.63, 3.8) is 0 Å². The molecule has 0 spiro atoms. The van der Waals surface area contributed by atoms with Crippen LogP contribution in [-0.2, 0) is 4.79 Å². The third-order valence-corrected chi connectivity index (χ3v) is 3.63. The number of hydrogen-bond acceptors (Lipinski definition) is 3. The molecule has 24 heavy (non-hydrogen) atoms. The van der Waals surface area contributed by atoms with Crippen LogP contribution in [0.3, 0.4) is 0 Å². The highest BCUT2D eigenvalue weighted by molar-refractivity contribution is 6.09. The maximum atomic E-state index is 12.3. The van der Waals surface area contributed by atoms with E-state index in [9.17, 15) is 10.1 Å². The van der Waals surface area contributed by atoms with Crippen molar-refractivity contribution < 1.29 is 9.53 Å². The minimum atomic E-state index is -0.422. The summed E-state index contributed by atoms with van der Waals surface area (Å²) in [6.45, 7) is 6.50. The number of nitriles is 1. The zero-order valence-corrected chi connectivity index (χ0v) is 14.1. The van der Waals surface area contributed by atoms with Gasteiger partial charge in [-0.1, -0.05) is 18.2 Å². The first-order chi connectivity index (χ1) is 11.5. The molecule has 0 aliphatic carbocycles. The molecular weight excluding hydrogens is 300 g/mol. The second kappa shape index (κ2) is 7.98. The summed E-state index contributed by atoms with van der Waals surface area (Å²) >= 11 is 0. The molecule has 2 aromatic rings. The lowest BCUT2D eigenvalue weighted by atomic mass is 10.1. The summed E-state index contributed by atoms with van der Waals surface area (Å²) in [5, 5.41) is 12.0. The summed E-state index contributed by atoms with van der Waals surface area (Å²) < 4.78 is 5.37. The quantitative estimate of drug-likeness (QED) is 0.662. The number of amides is 1. The molecule has 0 atom stereocenters. The van der Waals surface area contributed by atoms with E-state index in [1.165, 1.54) is 0 Å². The molecule has 122 valence electrons. The number of nitrogens with one attached hydrogen (secondary N) is 1. The molecule has 2 rings (SSSR count). The third kappa shape index (κ3) is 4.47. The molecule has 1 amide bonds. The van der Waals surface area contributed by atoms with E-state index in [-0.39, 0.29) is 5.57 Å². The lowest BCUT2D eigenvalue weighted by molar-refractivity contribution is -0.112. The highest BCUT2D eigenvalue weighted by Gasteiger charge is 2.10. The molecule has 0 radical (unpaired) electrons. The number of rotatable bonds is 5. The van der Waals surface area contributed by atoms with Gasteiger partial charge in [-0.25, -0.2) is 0 Å². The summed E-state index contributed by atoms with van der Waals surface area (Å²) in [4.78, 5) is 12.3. The Morgan fingerprint density at radius 1 is 1.17 bits per heavy atom. The van der Waals surface area contributed by atoms with Gasteiger partial charge in [0.15, 0.2) is 0 Å². The van der Waals surface area contributed by atoms with Gasteiger partial charge < -0.3 is 10.1 Å². The zero-order valence-electron chi connectivity index (χ0n) is 14.1. The van der Waals surface area contributed by atoms with Crippen molar-refractivity contribution in [1.29, 1.82) is 5.26 Å². The van der Waals surface area contributed by atoms with Crippen molar-refractivity contribution in [2.45, 2.75) is 20.8 Å². The van der Waals surface area contributed by atoms with Gasteiger partial charge in [-0.15, -0.1) is 0 Å². The maximum Gasteiger partial charge on any atom is 0.266 e. The van der Waals surface area contributed by atoms with E-state index in [1.54, 1.807) is 6.08 Å². The molecule has 0 saturated heterocycles. The van der Waals surface area contributed by atoms with Gasteiger partial charge in [0.1, 0.15) is 17.4 Å². The molecule has 1 N–H and O–H groups in total. The van der Waals surface area contributed by atoms with E-state index in [1.807, 2.05) is 69.3 Å². The molecule has 4 nitrogen and oxygen atoms in total. The van der Waals surface area contributed by atoms with Gasteiger partial charge in [0, 0.05) is 5.69 Å². The van der Waals surface area contributed by atoms with Crippen molar-refractivity contribution in [2.75, 3.05) is 11.9 Å². The maximum absolute atomic E-state index is 12.3. The number of benzene rings is 2. The first kappa shape index (κ1) is 17.3. The Kier molecular flexibility index (Phi) is 5.75. The van der Waals surface area contributed by atoms with Crippen LogP contribution in [0.5, 0.6) is 5.75 Å². The predicted molar refractivity (Wildman–Crippen MR) is 95.7 cm³/mol. The van der Waals surface area contributed by atoms with Crippen LogP contribution >= 0.6 is 0 Å². The number of carbonyl (C=O) groups is 1. The second-order valence-electron chi connectivity index (χ2n) is 5.43. The summed E-state index contributed by atoms with van der Waals surface area (Å²) in [7, 11) is 0. The van der Waals surface area contributed by atoms with Gasteiger partial charge in [-0.3, -0.25) is 4.79 Å². The smallest absolute Gasteiger partial charge is 0.266 e. The Hall–Kier alpha value is -3.06. The van der Waals surface area contributed by atoms with Crippen LogP contribution in [0.15, 0.2) is 48.0 Å². The SMILES string of the molecule is CCOc1ccc(/C=C(\C#N)C(=O)Nc2ccc(C)c(C)c2)cc1. The van der Waals surface area contributed by atoms with Crippen molar-refractivity contribution in [3.8, 4) is 11.8 Å². The average Bonchev–Trinajstić information content (AvgIpc) is 2.57. The van der Waals surface area contributed by atoms with Crippen LogP contribution in [0.1, 0.15) is 23.6 Å². The summed E-state index contributed by atoms with van der Waals surface area (Å²) in [5.74, 6) is 0.336. The fraction of sp³-hybridized carbons (Fsp3) is 0.200. The molecule has 0 saturated carbocycles. The Morgan fingerprint density at radius 2 is 1.88 bits per heavy atom. The Morgan fingerprint density at radius 3 is 2.46 bits per heavy atom. The van der Waals surface area contributed by atoms with Gasteiger partial charge in [0.2, 0.25) is 0 Å². The van der Waals surface area contributed by atoms with Gasteiger partial charge >= 0.3 is 0 Å². The van der Waals surface area contributed by atoms with Crippen LogP contribution < -0.4 is 10.1 Å². The van der Waals surface area contributed by atoms with Crippen molar-refractivity contribution >= 4 is 17.7 Å². The lowest BCUT2D eigenvalue weighted by Gasteiger charge is -2.07. The van der Waals surface area contributed by atoms with E-state index in [2.05, 4.69) is 5.32 Å². The molecule has 0 fully saturated rings. The van der Waals surface area contributed by atoms with E-state index < -0.39 is 5.91 Å². The molecule has 0 aliphatic heterocycles. The van der Waals surface area contributed by atoms with E-state index in [0.29, 0.717) is 12.3 Å². The van der Waals surface area contributed by atoms with Crippen LogP contribution in [0.4, 0.5) is 5.69 Å². The first-order valence-electron chi connectivity index (χ1n) is 7.76. The summed E-state index contributed by atoms with van der Waals surface area (Å²) in [6, 6.07) is 14.8. The Labute approximate surface area is 142 Å². The molecule has 0 unspecified atom stereocenters. The fourth-order valence-electron chi connectivity index (χ4n) is 2.16. The van der Waals surface area contributed by atoms with Crippen LogP contribution in [0.25, 0.3) is 6.08 Å². The van der Waals surface area contributed by atoms with Gasteiger partial charge in [-0.05, 0) is 67.8 Å². The lowest BCUT2D eigenvalue weighted by Crippen LogP contribution is -2.13. The third-order valence-electron chi connectivity index (χ3n) is 3.63. The standard InChI is InChI=1S/C20H20N2O2/c1-4-24-19-9-6-16(7-10-19)12-17(13-21)20(23)22-18-8-5-14(2)15(3)11-18/h5-12H,4H2,1-3H3,(H,22,23)/b17-12+. The molecule has 0 bridgehead atoms. The van der Waals surface area contributed by atoms with Crippen molar-refractivity contribution in [3.05, 3.63) is 64.7 Å². The highest BCUT2D eigenvalue weighted by atomic mass is 16.5. The monoisotopic (exact) mass is 320 g/mol. The highest BCUT2D eigenvalue weighted by Crippen LogP contribution is 2.17. The van der Waals surface area contributed by atoms with E-state index in [4.69, 9.17) is 4.74 Å². The van der Waals surface area contributed by atoms with Crippen molar-refractivity contribution in [2.24, 2.45) is 0 Å². The average molecular weight is 320 g/mol. The van der Waals surface area contributed by atoms with Crippen LogP contribution in [-0.4, -0.2) is 12.5 Å². The number of aryl methyl sites for hydroxylation is 2.